The van der Waals surface area contributed by atoms with Crippen LogP contribution in [0.15, 0.2) is 68.1 Å². The average molecular weight is 424 g/mol. The lowest BCUT2D eigenvalue weighted by Crippen LogP contribution is -2.33. The summed E-state index contributed by atoms with van der Waals surface area (Å²) in [5.74, 6) is -0.428. The van der Waals surface area contributed by atoms with Crippen LogP contribution < -0.4 is 16.1 Å². The molecule has 0 radical (unpaired) electrons. The van der Waals surface area contributed by atoms with Gasteiger partial charge in [-0.15, -0.1) is 0 Å². The Balaban J connectivity index is 1.85. The van der Waals surface area contributed by atoms with Crippen molar-refractivity contribution in [2.75, 3.05) is 5.32 Å². The fraction of sp³-hybridized carbons (Fsp3) is 0. The summed E-state index contributed by atoms with van der Waals surface area (Å²) in [4.78, 5) is 15.4. The minimum Gasteiger partial charge on any atom is -0.504 e. The Morgan fingerprint density at radius 2 is 1.25 bits per heavy atom. The third kappa shape index (κ3) is 3.94. The van der Waals surface area contributed by atoms with Crippen molar-refractivity contribution >= 4 is 37.3 Å². The first kappa shape index (κ1) is 19.7. The Labute approximate surface area is 158 Å². The zero-order valence-corrected chi connectivity index (χ0v) is 15.4. The summed E-state index contributed by atoms with van der Waals surface area (Å²) in [6, 6.07) is 9.49. The molecule has 0 spiro atoms. The molecule has 12 heteroatoms. The monoisotopic (exact) mass is 424 g/mol. The maximum Gasteiger partial charge on any atom is 0.294 e. The van der Waals surface area contributed by atoms with Crippen molar-refractivity contribution in [2.45, 2.75) is 9.79 Å². The lowest BCUT2D eigenvalue weighted by atomic mass is 10.2. The minimum atomic E-state index is -4.35. The topological polar surface area (TPSA) is 170 Å². The van der Waals surface area contributed by atoms with Crippen LogP contribution in [0.4, 0.5) is 17.1 Å². The van der Waals surface area contributed by atoms with Crippen LogP contribution in [-0.2, 0) is 20.2 Å². The van der Waals surface area contributed by atoms with Crippen LogP contribution in [0.3, 0.4) is 0 Å². The molecule has 146 valence electrons. The highest BCUT2D eigenvalue weighted by Gasteiger charge is 2.19. The summed E-state index contributed by atoms with van der Waals surface area (Å²) < 4.78 is 61.8. The first-order valence-electron chi connectivity index (χ1n) is 7.46. The second-order valence-corrected chi connectivity index (χ2v) is 8.45. The molecular weight excluding hydrogens is 412 g/mol. The number of hydrogen-bond donors (Lipinski definition) is 4. The summed E-state index contributed by atoms with van der Waals surface area (Å²) in [5, 5.41) is 12.4. The van der Waals surface area contributed by atoms with Crippen LogP contribution in [-0.4, -0.2) is 31.0 Å². The SMILES string of the molecule is O=c1c(Nc2ccc(S(=O)(=O)O)cc2)c(O)c1=Nc1ccc(S(=O)(=O)O)cc1. The fourth-order valence-corrected chi connectivity index (χ4v) is 3.25. The number of benzene rings is 2. The zero-order chi connectivity index (χ0) is 20.7. The summed E-state index contributed by atoms with van der Waals surface area (Å²) in [6.07, 6.45) is 0. The second-order valence-electron chi connectivity index (χ2n) is 5.61. The van der Waals surface area contributed by atoms with Crippen LogP contribution in [0.5, 0.6) is 5.75 Å². The van der Waals surface area contributed by atoms with E-state index < -0.39 is 31.4 Å². The Bertz CT molecular complexity index is 1330. The van der Waals surface area contributed by atoms with Crippen molar-refractivity contribution in [3.63, 3.8) is 0 Å². The first-order chi connectivity index (χ1) is 13.0. The number of nitrogens with zero attached hydrogens (tertiary/aromatic N) is 1. The zero-order valence-electron chi connectivity index (χ0n) is 13.8. The summed E-state index contributed by atoms with van der Waals surface area (Å²) in [7, 11) is -8.70. The van der Waals surface area contributed by atoms with Gasteiger partial charge in [0, 0.05) is 5.69 Å². The van der Waals surface area contributed by atoms with Crippen molar-refractivity contribution < 1.29 is 31.0 Å². The van der Waals surface area contributed by atoms with Gasteiger partial charge in [0.05, 0.1) is 15.5 Å². The Morgan fingerprint density at radius 1 is 0.786 bits per heavy atom. The van der Waals surface area contributed by atoms with Crippen LogP contribution in [0, 0.1) is 0 Å². The van der Waals surface area contributed by atoms with Gasteiger partial charge in [0.1, 0.15) is 5.69 Å². The van der Waals surface area contributed by atoms with Crippen molar-refractivity contribution in [3.05, 3.63) is 64.1 Å². The normalized spacial score (nSPS) is 13.0. The lowest BCUT2D eigenvalue weighted by molar-refractivity contribution is 0.464. The molecule has 0 saturated carbocycles. The molecule has 0 aliphatic heterocycles. The van der Waals surface area contributed by atoms with Gasteiger partial charge in [0.15, 0.2) is 11.1 Å². The molecule has 0 atom stereocenters. The van der Waals surface area contributed by atoms with E-state index in [-0.39, 0.29) is 26.5 Å². The Morgan fingerprint density at radius 3 is 1.68 bits per heavy atom. The van der Waals surface area contributed by atoms with Crippen molar-refractivity contribution in [1.82, 2.24) is 0 Å². The number of aromatic hydroxyl groups is 1. The fourth-order valence-electron chi connectivity index (χ4n) is 2.29. The van der Waals surface area contributed by atoms with Gasteiger partial charge in [0.2, 0.25) is 5.43 Å². The molecule has 0 fully saturated rings. The van der Waals surface area contributed by atoms with E-state index in [1.54, 1.807) is 0 Å². The van der Waals surface area contributed by atoms with Crippen LogP contribution >= 0.6 is 0 Å². The standard InChI is InChI=1S/C16H12N2O8S2/c19-15-13(17-9-1-5-11(6-2-9)27(21,22)23)16(20)14(15)18-10-3-7-12(8-4-10)28(24,25)26/h1-8,17,19H,(H,21,22,23)(H,24,25,26). The van der Waals surface area contributed by atoms with Crippen molar-refractivity contribution in [2.24, 2.45) is 4.99 Å². The van der Waals surface area contributed by atoms with E-state index in [0.717, 1.165) is 24.3 Å². The third-order valence-electron chi connectivity index (χ3n) is 3.70. The number of anilines is 2. The maximum absolute atomic E-state index is 12.2. The summed E-state index contributed by atoms with van der Waals surface area (Å²) in [6.45, 7) is 0. The van der Waals surface area contributed by atoms with E-state index in [2.05, 4.69) is 10.3 Å². The molecule has 0 saturated heterocycles. The molecule has 10 nitrogen and oxygen atoms in total. The van der Waals surface area contributed by atoms with Gasteiger partial charge in [-0.25, -0.2) is 4.99 Å². The molecular formula is C16H12N2O8S2. The molecule has 3 aromatic rings. The van der Waals surface area contributed by atoms with Gasteiger partial charge < -0.3 is 10.4 Å². The highest BCUT2D eigenvalue weighted by atomic mass is 32.2. The van der Waals surface area contributed by atoms with E-state index in [4.69, 9.17) is 9.11 Å². The van der Waals surface area contributed by atoms with Gasteiger partial charge in [-0.1, -0.05) is 0 Å². The van der Waals surface area contributed by atoms with E-state index >= 15 is 0 Å². The van der Waals surface area contributed by atoms with Crippen LogP contribution in [0.2, 0.25) is 0 Å². The molecule has 0 bridgehead atoms. The Kier molecular flexibility index (Phi) is 4.81. The lowest BCUT2D eigenvalue weighted by Gasteiger charge is -2.11. The number of rotatable bonds is 5. The molecule has 0 amide bonds. The number of nitrogens with one attached hydrogen (secondary N) is 1. The molecule has 3 rings (SSSR count). The molecule has 0 aliphatic rings. The summed E-state index contributed by atoms with van der Waals surface area (Å²) >= 11 is 0. The van der Waals surface area contributed by atoms with E-state index in [1.165, 1.54) is 24.3 Å². The van der Waals surface area contributed by atoms with Crippen molar-refractivity contribution in [3.8, 4) is 5.75 Å². The number of hydrogen-bond acceptors (Lipinski definition) is 8. The molecule has 3 aromatic carbocycles. The van der Waals surface area contributed by atoms with Gasteiger partial charge in [-0.3, -0.25) is 13.9 Å². The van der Waals surface area contributed by atoms with E-state index in [9.17, 15) is 26.7 Å². The van der Waals surface area contributed by atoms with Crippen LogP contribution in [0.25, 0.3) is 0 Å². The van der Waals surface area contributed by atoms with E-state index in [1.807, 2.05) is 0 Å². The minimum absolute atomic E-state index is 0.159. The van der Waals surface area contributed by atoms with Crippen LogP contribution in [0.1, 0.15) is 0 Å². The molecule has 0 heterocycles. The second kappa shape index (κ2) is 6.83. The molecule has 28 heavy (non-hydrogen) atoms. The predicted molar refractivity (Wildman–Crippen MR) is 97.8 cm³/mol. The largest absolute Gasteiger partial charge is 0.504 e. The van der Waals surface area contributed by atoms with Gasteiger partial charge in [0.25, 0.3) is 20.2 Å². The molecule has 4 N–H and O–H groups in total. The first-order valence-corrected chi connectivity index (χ1v) is 10.3. The summed E-state index contributed by atoms with van der Waals surface area (Å²) in [5.41, 5.74) is -0.305. The predicted octanol–water partition coefficient (Wildman–Crippen LogP) is 1.10. The third-order valence-corrected chi connectivity index (χ3v) is 5.44. The van der Waals surface area contributed by atoms with Gasteiger partial charge >= 0.3 is 0 Å². The highest BCUT2D eigenvalue weighted by molar-refractivity contribution is 7.86. The quantitative estimate of drug-likeness (QED) is 0.438. The smallest absolute Gasteiger partial charge is 0.294 e. The molecule has 0 aliphatic carbocycles. The average Bonchev–Trinajstić information content (AvgIpc) is 2.63. The van der Waals surface area contributed by atoms with Crippen molar-refractivity contribution in [1.29, 1.82) is 0 Å². The maximum atomic E-state index is 12.2. The van der Waals surface area contributed by atoms with Gasteiger partial charge in [-0.05, 0) is 48.5 Å². The van der Waals surface area contributed by atoms with E-state index in [0.29, 0.717) is 5.69 Å². The van der Waals surface area contributed by atoms with Gasteiger partial charge in [-0.2, -0.15) is 16.8 Å². The Hall–Kier alpha value is -3.06. The molecule has 0 unspecified atom stereocenters. The molecule has 0 aromatic heterocycles. The highest BCUT2D eigenvalue weighted by Crippen LogP contribution is 2.24.